The fourth-order valence-corrected chi connectivity index (χ4v) is 5.08. The third-order valence-corrected chi connectivity index (χ3v) is 6.76. The van der Waals surface area contributed by atoms with Crippen LogP contribution in [0.1, 0.15) is 22.9 Å². The largest absolute Gasteiger partial charge is 0.491 e. The molecule has 3 rings (SSSR count). The molecule has 0 saturated carbocycles. The zero-order chi connectivity index (χ0) is 24.2. The molecule has 2 atom stereocenters. The predicted octanol–water partition coefficient (Wildman–Crippen LogP) is 3.15. The van der Waals surface area contributed by atoms with E-state index in [0.29, 0.717) is 39.5 Å². The first-order chi connectivity index (χ1) is 16.6. The summed E-state index contributed by atoms with van der Waals surface area (Å²) in [5, 5.41) is 12.5. The molecular weight excluding hydrogens is 452 g/mol. The number of nitrogens with zero attached hydrogens (tertiary/aromatic N) is 2. The maximum Gasteiger partial charge on any atom is 0.237 e. The second-order valence-electron chi connectivity index (χ2n) is 8.34. The van der Waals surface area contributed by atoms with Gasteiger partial charge in [0.1, 0.15) is 12.4 Å². The van der Waals surface area contributed by atoms with E-state index >= 15 is 0 Å². The normalized spacial score (nSPS) is 16.3. The lowest BCUT2D eigenvalue weighted by atomic mass is 10.0. The quantitative estimate of drug-likeness (QED) is 0.307. The summed E-state index contributed by atoms with van der Waals surface area (Å²) >= 11 is 1.74. The van der Waals surface area contributed by atoms with Gasteiger partial charge in [-0.05, 0) is 42.0 Å². The van der Waals surface area contributed by atoms with E-state index in [1.54, 1.807) is 24.5 Å². The second-order valence-corrected chi connectivity index (χ2v) is 9.34. The molecule has 186 valence electrons. The van der Waals surface area contributed by atoms with E-state index in [1.807, 2.05) is 40.1 Å². The Balaban J connectivity index is 1.66. The summed E-state index contributed by atoms with van der Waals surface area (Å²) in [7, 11) is 1.66. The van der Waals surface area contributed by atoms with Crippen LogP contribution in [0.15, 0.2) is 54.4 Å². The molecule has 1 aromatic heterocycles. The highest BCUT2D eigenvalue weighted by atomic mass is 32.1. The van der Waals surface area contributed by atoms with E-state index in [2.05, 4.69) is 18.0 Å². The molecule has 1 aliphatic rings. The topological polar surface area (TPSA) is 71.5 Å². The molecule has 0 fully saturated rings. The fraction of sp³-hybridized carbons (Fsp3) is 0.500. The van der Waals surface area contributed by atoms with Gasteiger partial charge in [0, 0.05) is 38.2 Å². The summed E-state index contributed by atoms with van der Waals surface area (Å²) in [6.07, 6.45) is 2.60. The van der Waals surface area contributed by atoms with Gasteiger partial charge in [-0.2, -0.15) is 0 Å². The number of para-hydroxylation sites is 1. The maximum absolute atomic E-state index is 13.5. The van der Waals surface area contributed by atoms with Crippen LogP contribution in [0.25, 0.3) is 0 Å². The van der Waals surface area contributed by atoms with Crippen LogP contribution >= 0.6 is 11.3 Å². The molecular formula is C26H36N2O5S. The molecule has 1 aromatic carbocycles. The smallest absolute Gasteiger partial charge is 0.237 e. The van der Waals surface area contributed by atoms with Crippen LogP contribution in [0.2, 0.25) is 0 Å². The summed E-state index contributed by atoms with van der Waals surface area (Å²) in [5.74, 6) is 0.830. The minimum atomic E-state index is -0.683. The predicted molar refractivity (Wildman–Crippen MR) is 134 cm³/mol. The molecule has 1 aliphatic heterocycles. The van der Waals surface area contributed by atoms with Gasteiger partial charge in [0.2, 0.25) is 5.91 Å². The standard InChI is InChI=1S/C26H36N2O5S/c1-3-14-32-19-21(29)17-27(12-7-15-31-2)18-26(30)28-13-10-25-23(11-16-34-25)24(28)20-33-22-8-5-4-6-9-22/h3-6,8-9,11,16,21,24,29H,1,7,10,12-15,17-20H2,2H3/t21-,24+/m0/s1. The number of fused-ring (bicyclic) bond motifs is 1. The molecule has 0 spiro atoms. The minimum Gasteiger partial charge on any atom is -0.491 e. The van der Waals surface area contributed by atoms with Crippen LogP contribution in [0.5, 0.6) is 5.75 Å². The Bertz CT molecular complexity index is 875. The summed E-state index contributed by atoms with van der Waals surface area (Å²) in [5.41, 5.74) is 1.17. The Morgan fingerprint density at radius 2 is 2.18 bits per heavy atom. The number of thiophene rings is 1. The second kappa shape index (κ2) is 14.2. The molecule has 2 aromatic rings. The lowest BCUT2D eigenvalue weighted by Crippen LogP contribution is -2.48. The van der Waals surface area contributed by atoms with Gasteiger partial charge in [-0.25, -0.2) is 0 Å². The number of benzene rings is 1. The molecule has 1 N–H and O–H groups in total. The molecule has 0 aliphatic carbocycles. The SMILES string of the molecule is C=CCOC[C@@H](O)CN(CCCOC)CC(=O)N1CCc2sccc2[C@H]1COc1ccccc1. The summed E-state index contributed by atoms with van der Waals surface area (Å²) in [6.45, 7) is 7.11. The van der Waals surface area contributed by atoms with Crippen LogP contribution in [0.4, 0.5) is 0 Å². The van der Waals surface area contributed by atoms with Crippen molar-refractivity contribution in [3.8, 4) is 5.75 Å². The number of aliphatic hydroxyl groups is 1. The van der Waals surface area contributed by atoms with Crippen LogP contribution in [-0.2, 0) is 20.7 Å². The zero-order valence-corrected chi connectivity index (χ0v) is 20.8. The molecule has 0 radical (unpaired) electrons. The summed E-state index contributed by atoms with van der Waals surface area (Å²) in [4.78, 5) is 18.7. The van der Waals surface area contributed by atoms with Crippen LogP contribution < -0.4 is 4.74 Å². The lowest BCUT2D eigenvalue weighted by molar-refractivity contribution is -0.136. The van der Waals surface area contributed by atoms with Crippen molar-refractivity contribution in [1.82, 2.24) is 9.80 Å². The zero-order valence-electron chi connectivity index (χ0n) is 19.9. The van der Waals surface area contributed by atoms with Gasteiger partial charge in [-0.3, -0.25) is 9.69 Å². The molecule has 7 nitrogen and oxygen atoms in total. The number of amides is 1. The van der Waals surface area contributed by atoms with Crippen molar-refractivity contribution < 1.29 is 24.1 Å². The first kappa shape index (κ1) is 26.4. The molecule has 0 bridgehead atoms. The van der Waals surface area contributed by atoms with E-state index in [1.165, 1.54) is 10.4 Å². The Hall–Kier alpha value is -2.23. The fourth-order valence-electron chi connectivity index (χ4n) is 4.15. The van der Waals surface area contributed by atoms with Crippen molar-refractivity contribution in [3.63, 3.8) is 0 Å². The number of carbonyl (C=O) groups is 1. The van der Waals surface area contributed by atoms with Crippen molar-refractivity contribution >= 4 is 17.2 Å². The van der Waals surface area contributed by atoms with E-state index in [4.69, 9.17) is 14.2 Å². The van der Waals surface area contributed by atoms with Gasteiger partial charge in [-0.15, -0.1) is 17.9 Å². The van der Waals surface area contributed by atoms with Crippen LogP contribution in [0.3, 0.4) is 0 Å². The number of rotatable bonds is 15. The van der Waals surface area contributed by atoms with E-state index < -0.39 is 6.10 Å². The highest BCUT2D eigenvalue weighted by Crippen LogP contribution is 2.34. The average Bonchev–Trinajstić information content (AvgIpc) is 3.32. The third kappa shape index (κ3) is 7.92. The monoisotopic (exact) mass is 488 g/mol. The first-order valence-corrected chi connectivity index (χ1v) is 12.6. The lowest BCUT2D eigenvalue weighted by Gasteiger charge is -2.37. The highest BCUT2D eigenvalue weighted by molar-refractivity contribution is 7.10. The molecule has 8 heteroatoms. The van der Waals surface area contributed by atoms with Crippen LogP contribution in [0, 0.1) is 0 Å². The summed E-state index contributed by atoms with van der Waals surface area (Å²) in [6, 6.07) is 11.7. The van der Waals surface area contributed by atoms with Crippen molar-refractivity contribution in [2.24, 2.45) is 0 Å². The van der Waals surface area contributed by atoms with E-state index in [9.17, 15) is 9.90 Å². The number of ether oxygens (including phenoxy) is 3. The van der Waals surface area contributed by atoms with Gasteiger partial charge in [0.25, 0.3) is 0 Å². The molecule has 0 saturated heterocycles. The molecule has 2 heterocycles. The van der Waals surface area contributed by atoms with Gasteiger partial charge >= 0.3 is 0 Å². The number of aliphatic hydroxyl groups excluding tert-OH is 1. The van der Waals surface area contributed by atoms with Gasteiger partial charge in [-0.1, -0.05) is 24.3 Å². The Morgan fingerprint density at radius 1 is 1.35 bits per heavy atom. The number of hydrogen-bond donors (Lipinski definition) is 1. The number of carbonyl (C=O) groups excluding carboxylic acids is 1. The van der Waals surface area contributed by atoms with Crippen molar-refractivity contribution in [2.45, 2.75) is 25.0 Å². The van der Waals surface area contributed by atoms with Gasteiger partial charge < -0.3 is 24.2 Å². The van der Waals surface area contributed by atoms with Crippen molar-refractivity contribution in [2.75, 3.05) is 59.7 Å². The van der Waals surface area contributed by atoms with Crippen molar-refractivity contribution in [3.05, 3.63) is 64.9 Å². The van der Waals surface area contributed by atoms with Crippen LogP contribution in [-0.4, -0.2) is 86.6 Å². The third-order valence-electron chi connectivity index (χ3n) is 5.76. The van der Waals surface area contributed by atoms with Gasteiger partial charge in [0.15, 0.2) is 0 Å². The molecule has 0 unspecified atom stereocenters. The average molecular weight is 489 g/mol. The molecule has 34 heavy (non-hydrogen) atoms. The summed E-state index contributed by atoms with van der Waals surface area (Å²) < 4.78 is 16.6. The maximum atomic E-state index is 13.5. The molecule has 1 amide bonds. The number of methoxy groups -OCH3 is 1. The van der Waals surface area contributed by atoms with Gasteiger partial charge in [0.05, 0.1) is 31.9 Å². The minimum absolute atomic E-state index is 0.0372. The Kier molecular flexibility index (Phi) is 11.0. The number of hydrogen-bond acceptors (Lipinski definition) is 7. The van der Waals surface area contributed by atoms with E-state index in [-0.39, 0.29) is 25.1 Å². The van der Waals surface area contributed by atoms with Crippen molar-refractivity contribution in [1.29, 1.82) is 0 Å². The van der Waals surface area contributed by atoms with E-state index in [0.717, 1.165) is 18.6 Å². The highest BCUT2D eigenvalue weighted by Gasteiger charge is 2.33. The first-order valence-electron chi connectivity index (χ1n) is 11.7. The Morgan fingerprint density at radius 3 is 2.94 bits per heavy atom. The Labute approximate surface area is 206 Å².